The summed E-state index contributed by atoms with van der Waals surface area (Å²) in [5, 5.41) is 18.5. The summed E-state index contributed by atoms with van der Waals surface area (Å²) in [5.74, 6) is 0.846. The van der Waals surface area contributed by atoms with Crippen LogP contribution in [-0.4, -0.2) is 76.1 Å². The minimum atomic E-state index is 0.233. The van der Waals surface area contributed by atoms with E-state index in [-0.39, 0.29) is 6.61 Å². The molecule has 1 aliphatic heterocycles. The van der Waals surface area contributed by atoms with Gasteiger partial charge in [-0.05, 0) is 48.4 Å². The molecule has 0 spiro atoms. The van der Waals surface area contributed by atoms with Crippen molar-refractivity contribution in [2.75, 3.05) is 51.8 Å². The Morgan fingerprint density at radius 3 is 2.44 bits per heavy atom. The van der Waals surface area contributed by atoms with E-state index < -0.39 is 0 Å². The molecule has 2 N–H and O–H groups in total. The van der Waals surface area contributed by atoms with E-state index >= 15 is 0 Å². The second-order valence-electron chi connectivity index (χ2n) is 9.35. The van der Waals surface area contributed by atoms with Gasteiger partial charge in [-0.2, -0.15) is 5.10 Å². The first kappa shape index (κ1) is 24.2. The maximum Gasteiger partial charge on any atom is 0.158 e. The molecule has 1 aliphatic rings. The van der Waals surface area contributed by atoms with Gasteiger partial charge < -0.3 is 15.2 Å². The maximum absolute atomic E-state index is 9.15. The molecule has 1 saturated heterocycles. The van der Waals surface area contributed by atoms with Crippen molar-refractivity contribution >= 4 is 22.4 Å². The summed E-state index contributed by atoms with van der Waals surface area (Å²) < 4.78 is 7.22. The third-order valence-corrected chi connectivity index (χ3v) is 6.77. The number of aromatic nitrogens is 3. The number of β-amino-alcohol motifs (C(OH)–C–C–N with tert-alkyl or cyclic N) is 1. The molecule has 8 heteroatoms. The van der Waals surface area contributed by atoms with Crippen LogP contribution < -0.4 is 10.1 Å². The van der Waals surface area contributed by atoms with Crippen LogP contribution in [0.4, 0.5) is 11.4 Å². The largest absolute Gasteiger partial charge is 0.497 e. The molecule has 2 aromatic carbocycles. The predicted octanol–water partition coefficient (Wildman–Crippen LogP) is 3.65. The molecule has 1 fully saturated rings. The second-order valence-corrected chi connectivity index (χ2v) is 9.35. The van der Waals surface area contributed by atoms with Crippen molar-refractivity contribution in [2.24, 2.45) is 0 Å². The molecule has 36 heavy (non-hydrogen) atoms. The Morgan fingerprint density at radius 2 is 1.69 bits per heavy atom. The summed E-state index contributed by atoms with van der Waals surface area (Å²) in [5.41, 5.74) is 6.27. The van der Waals surface area contributed by atoms with Crippen molar-refractivity contribution in [1.82, 2.24) is 24.6 Å². The number of pyridine rings is 1. The number of aliphatic hydroxyl groups excluding tert-OH is 1. The number of fused-ring (bicyclic) bond motifs is 1. The van der Waals surface area contributed by atoms with E-state index in [1.54, 1.807) is 7.11 Å². The number of methoxy groups -OCH3 is 1. The molecule has 0 radical (unpaired) electrons. The van der Waals surface area contributed by atoms with Gasteiger partial charge in [0.1, 0.15) is 5.75 Å². The minimum absolute atomic E-state index is 0.233. The zero-order chi connectivity index (χ0) is 24.9. The highest BCUT2D eigenvalue weighted by molar-refractivity contribution is 5.82. The van der Waals surface area contributed by atoms with Crippen LogP contribution in [0, 0.1) is 6.92 Å². The number of hydrogen-bond donors (Lipinski definition) is 2. The highest BCUT2D eigenvalue weighted by Crippen LogP contribution is 2.24. The van der Waals surface area contributed by atoms with Crippen LogP contribution in [0.2, 0.25) is 0 Å². The van der Waals surface area contributed by atoms with Gasteiger partial charge in [0.2, 0.25) is 0 Å². The van der Waals surface area contributed by atoms with E-state index in [4.69, 9.17) is 19.9 Å². The molecule has 0 bridgehead atoms. The number of piperazine rings is 1. The lowest BCUT2D eigenvalue weighted by Crippen LogP contribution is -2.46. The van der Waals surface area contributed by atoms with E-state index in [1.165, 1.54) is 5.56 Å². The summed E-state index contributed by atoms with van der Waals surface area (Å²) in [4.78, 5) is 9.54. The van der Waals surface area contributed by atoms with E-state index in [1.807, 2.05) is 29.9 Å². The molecular weight excluding hydrogens is 452 g/mol. The Bertz CT molecular complexity index is 1300. The highest BCUT2D eigenvalue weighted by Gasteiger charge is 2.16. The summed E-state index contributed by atoms with van der Waals surface area (Å²) in [6, 6.07) is 18.8. The SMILES string of the molecule is COc1ccc(Cn2nc(C)c3cc(Nc4cccc(CN5CCN(CCO)CC5)c4)cnc32)cc1. The number of hydrogen-bond acceptors (Lipinski definition) is 7. The summed E-state index contributed by atoms with van der Waals surface area (Å²) in [6.45, 7) is 8.69. The van der Waals surface area contributed by atoms with Crippen LogP contribution in [0.3, 0.4) is 0 Å². The van der Waals surface area contributed by atoms with Crippen molar-refractivity contribution in [3.63, 3.8) is 0 Å². The Hall–Kier alpha value is -3.46. The van der Waals surface area contributed by atoms with E-state index in [0.29, 0.717) is 6.54 Å². The fourth-order valence-corrected chi connectivity index (χ4v) is 4.78. The maximum atomic E-state index is 9.15. The molecule has 3 heterocycles. The number of aliphatic hydroxyl groups is 1. The molecule has 0 amide bonds. The molecule has 4 aromatic rings. The Kier molecular flexibility index (Phi) is 7.46. The van der Waals surface area contributed by atoms with Gasteiger partial charge in [-0.25, -0.2) is 9.67 Å². The van der Waals surface area contributed by atoms with Gasteiger partial charge in [-0.15, -0.1) is 0 Å². The topological polar surface area (TPSA) is 78.7 Å². The van der Waals surface area contributed by atoms with Gasteiger partial charge in [0, 0.05) is 50.3 Å². The van der Waals surface area contributed by atoms with Crippen molar-refractivity contribution < 1.29 is 9.84 Å². The standard InChI is InChI=1S/C28H34N6O2/c1-21-27-17-25(18-29-28(27)34(31-21)20-22-6-8-26(36-2)9-7-22)30-24-5-3-4-23(16-24)19-33-12-10-32(11-13-33)14-15-35/h3-9,16-18,30,35H,10-15,19-20H2,1-2H3. The fraction of sp³-hybridized carbons (Fsp3) is 0.357. The lowest BCUT2D eigenvalue weighted by Gasteiger charge is -2.34. The average Bonchev–Trinajstić information content (AvgIpc) is 3.20. The molecule has 0 atom stereocenters. The van der Waals surface area contributed by atoms with E-state index in [0.717, 1.165) is 78.7 Å². The molecule has 2 aromatic heterocycles. The number of benzene rings is 2. The van der Waals surface area contributed by atoms with Gasteiger partial charge in [0.25, 0.3) is 0 Å². The van der Waals surface area contributed by atoms with Gasteiger partial charge in [-0.3, -0.25) is 9.80 Å². The molecule has 0 unspecified atom stereocenters. The van der Waals surface area contributed by atoms with Crippen molar-refractivity contribution in [3.8, 4) is 5.75 Å². The summed E-state index contributed by atoms with van der Waals surface area (Å²) >= 11 is 0. The number of anilines is 2. The third kappa shape index (κ3) is 5.67. The smallest absolute Gasteiger partial charge is 0.158 e. The zero-order valence-corrected chi connectivity index (χ0v) is 21.0. The first-order chi connectivity index (χ1) is 17.6. The fourth-order valence-electron chi connectivity index (χ4n) is 4.78. The lowest BCUT2D eigenvalue weighted by atomic mass is 10.1. The number of aryl methyl sites for hydroxylation is 1. The van der Waals surface area contributed by atoms with Crippen molar-refractivity contribution in [2.45, 2.75) is 20.0 Å². The first-order valence-corrected chi connectivity index (χ1v) is 12.5. The molecule has 5 rings (SSSR count). The van der Waals surface area contributed by atoms with Crippen LogP contribution in [0.5, 0.6) is 5.75 Å². The van der Waals surface area contributed by atoms with Crippen LogP contribution in [0.25, 0.3) is 11.0 Å². The summed E-state index contributed by atoms with van der Waals surface area (Å²) in [7, 11) is 1.67. The van der Waals surface area contributed by atoms with Crippen LogP contribution in [0.1, 0.15) is 16.8 Å². The van der Waals surface area contributed by atoms with Crippen LogP contribution in [0.15, 0.2) is 60.8 Å². The molecular formula is C28H34N6O2. The van der Waals surface area contributed by atoms with Gasteiger partial charge in [-0.1, -0.05) is 24.3 Å². The molecule has 0 aliphatic carbocycles. The first-order valence-electron chi connectivity index (χ1n) is 12.5. The number of nitrogens with zero attached hydrogens (tertiary/aromatic N) is 5. The van der Waals surface area contributed by atoms with Gasteiger partial charge >= 0.3 is 0 Å². The summed E-state index contributed by atoms with van der Waals surface area (Å²) in [6.07, 6.45) is 1.88. The quantitative estimate of drug-likeness (QED) is 0.374. The van der Waals surface area contributed by atoms with E-state index in [9.17, 15) is 0 Å². The second kappa shape index (κ2) is 11.1. The molecule has 188 valence electrons. The van der Waals surface area contributed by atoms with Gasteiger partial charge in [0.05, 0.1) is 37.8 Å². The monoisotopic (exact) mass is 486 g/mol. The molecule has 0 saturated carbocycles. The van der Waals surface area contributed by atoms with Crippen LogP contribution in [-0.2, 0) is 13.1 Å². The third-order valence-electron chi connectivity index (χ3n) is 6.77. The van der Waals surface area contributed by atoms with Crippen molar-refractivity contribution in [1.29, 1.82) is 0 Å². The molecule has 8 nitrogen and oxygen atoms in total. The number of ether oxygens (including phenoxy) is 1. The normalized spacial score (nSPS) is 14.9. The average molecular weight is 487 g/mol. The number of rotatable bonds is 9. The zero-order valence-electron chi connectivity index (χ0n) is 21.0. The van der Waals surface area contributed by atoms with Crippen LogP contribution >= 0.6 is 0 Å². The van der Waals surface area contributed by atoms with Gasteiger partial charge in [0.15, 0.2) is 5.65 Å². The Morgan fingerprint density at radius 1 is 0.917 bits per heavy atom. The number of nitrogens with one attached hydrogen (secondary N) is 1. The highest BCUT2D eigenvalue weighted by atomic mass is 16.5. The van der Waals surface area contributed by atoms with Crippen molar-refractivity contribution in [3.05, 3.63) is 77.6 Å². The Balaban J connectivity index is 1.26. The van der Waals surface area contributed by atoms with E-state index in [2.05, 4.69) is 57.6 Å². The Labute approximate surface area is 212 Å². The minimum Gasteiger partial charge on any atom is -0.497 e. The lowest BCUT2D eigenvalue weighted by molar-refractivity contribution is 0.108. The predicted molar refractivity (Wildman–Crippen MR) is 143 cm³/mol.